The third-order valence-electron chi connectivity index (χ3n) is 3.45. The van der Waals surface area contributed by atoms with Crippen molar-refractivity contribution >= 4 is 46.9 Å². The molecule has 7 heteroatoms. The Labute approximate surface area is 132 Å². The molecule has 0 aliphatic carbocycles. The molecule has 110 valence electrons. The van der Waals surface area contributed by atoms with Crippen LogP contribution >= 0.6 is 35.8 Å². The molecule has 0 amide bonds. The Hall–Kier alpha value is -0.620. The van der Waals surface area contributed by atoms with Gasteiger partial charge in [-0.1, -0.05) is 11.6 Å². The first-order chi connectivity index (χ1) is 9.13. The molecule has 1 fully saturated rings. The Balaban J connectivity index is 0.00000147. The summed E-state index contributed by atoms with van der Waals surface area (Å²) in [5.74, 6) is -0.460. The number of rotatable bonds is 2. The minimum absolute atomic E-state index is 0. The van der Waals surface area contributed by atoms with E-state index in [1.165, 1.54) is 0 Å². The lowest BCUT2D eigenvalue weighted by molar-refractivity contribution is 0.282. The van der Waals surface area contributed by atoms with Crippen LogP contribution < -0.4 is 5.76 Å². The number of hydrogen-bond donors (Lipinski definition) is 1. The molecule has 1 aromatic heterocycles. The number of oxazole rings is 1. The summed E-state index contributed by atoms with van der Waals surface area (Å²) in [6.07, 6.45) is 2.32. The molecule has 3 rings (SSSR count). The van der Waals surface area contributed by atoms with Crippen molar-refractivity contribution in [2.24, 2.45) is 0 Å². The summed E-state index contributed by atoms with van der Waals surface area (Å²) in [7, 11) is 2.15. The van der Waals surface area contributed by atoms with E-state index in [1.807, 2.05) is 12.1 Å². The fourth-order valence-corrected chi connectivity index (χ4v) is 3.82. The largest absolute Gasteiger partial charge is 0.417 e. The molecule has 1 aliphatic heterocycles. The maximum atomic E-state index is 11.2. The minimum atomic E-state index is -0.460. The fourth-order valence-electron chi connectivity index (χ4n) is 2.34. The highest BCUT2D eigenvalue weighted by Gasteiger charge is 2.20. The highest BCUT2D eigenvalue weighted by Crippen LogP contribution is 2.37. The summed E-state index contributed by atoms with van der Waals surface area (Å²) < 4.78 is 5.08. The van der Waals surface area contributed by atoms with E-state index in [1.54, 1.807) is 11.8 Å². The Bertz CT molecular complexity index is 647. The van der Waals surface area contributed by atoms with Crippen molar-refractivity contribution in [2.75, 3.05) is 20.1 Å². The average molecular weight is 335 g/mol. The molecule has 0 atom stereocenters. The molecule has 1 aromatic carbocycles. The summed E-state index contributed by atoms with van der Waals surface area (Å²) >= 11 is 8.10. The fraction of sp³-hybridized carbons (Fsp3) is 0.462. The number of hydrogen-bond acceptors (Lipinski definition) is 4. The van der Waals surface area contributed by atoms with E-state index < -0.39 is 5.76 Å². The Kier molecular flexibility index (Phi) is 5.07. The Morgan fingerprint density at radius 2 is 2.10 bits per heavy atom. The third kappa shape index (κ3) is 3.17. The quantitative estimate of drug-likeness (QED) is 0.914. The second-order valence-corrected chi connectivity index (χ2v) is 6.61. The highest BCUT2D eigenvalue weighted by molar-refractivity contribution is 8.00. The number of fused-ring (bicyclic) bond motifs is 1. The van der Waals surface area contributed by atoms with Crippen molar-refractivity contribution in [2.45, 2.75) is 23.0 Å². The van der Waals surface area contributed by atoms with Gasteiger partial charge in [-0.3, -0.25) is 4.98 Å². The van der Waals surface area contributed by atoms with E-state index in [4.69, 9.17) is 16.0 Å². The van der Waals surface area contributed by atoms with Gasteiger partial charge in [0.05, 0.1) is 10.5 Å². The smallest absolute Gasteiger partial charge is 0.406 e. The molecule has 0 unspecified atom stereocenters. The van der Waals surface area contributed by atoms with Crippen molar-refractivity contribution in [1.82, 2.24) is 9.88 Å². The zero-order chi connectivity index (χ0) is 13.4. The van der Waals surface area contributed by atoms with Crippen LogP contribution in [0, 0.1) is 0 Å². The van der Waals surface area contributed by atoms with Gasteiger partial charge in [-0.05, 0) is 45.1 Å². The Morgan fingerprint density at radius 3 is 2.80 bits per heavy atom. The molecule has 0 spiro atoms. The summed E-state index contributed by atoms with van der Waals surface area (Å²) in [5.41, 5.74) is 1.12. The molecule has 0 saturated carbocycles. The van der Waals surface area contributed by atoms with Crippen LogP contribution in [-0.2, 0) is 0 Å². The zero-order valence-corrected chi connectivity index (χ0v) is 13.4. The normalized spacial score (nSPS) is 17.3. The molecule has 1 saturated heterocycles. The molecule has 0 radical (unpaired) electrons. The monoisotopic (exact) mass is 334 g/mol. The van der Waals surface area contributed by atoms with Crippen molar-refractivity contribution in [3.05, 3.63) is 27.7 Å². The number of aromatic nitrogens is 1. The SMILES string of the molecule is CN1CCC(Sc2ccc3[nH]c(=O)oc3c2Cl)CC1.Cl. The molecular formula is C13H16Cl2N2O2S. The molecule has 1 aliphatic rings. The van der Waals surface area contributed by atoms with Crippen molar-refractivity contribution in [3.63, 3.8) is 0 Å². The van der Waals surface area contributed by atoms with Crippen LogP contribution in [0.15, 0.2) is 26.2 Å². The maximum Gasteiger partial charge on any atom is 0.417 e. The first kappa shape index (κ1) is 15.8. The summed E-state index contributed by atoms with van der Waals surface area (Å²) in [4.78, 5) is 17.1. The number of benzene rings is 1. The van der Waals surface area contributed by atoms with E-state index in [9.17, 15) is 4.79 Å². The number of thioether (sulfide) groups is 1. The lowest BCUT2D eigenvalue weighted by Gasteiger charge is -2.28. The van der Waals surface area contributed by atoms with Crippen LogP contribution in [0.25, 0.3) is 11.1 Å². The lowest BCUT2D eigenvalue weighted by Crippen LogP contribution is -2.31. The minimum Gasteiger partial charge on any atom is -0.406 e. The molecular weight excluding hydrogens is 319 g/mol. The van der Waals surface area contributed by atoms with Crippen molar-refractivity contribution in [1.29, 1.82) is 0 Å². The molecule has 1 N–H and O–H groups in total. The van der Waals surface area contributed by atoms with Gasteiger partial charge in [-0.15, -0.1) is 24.2 Å². The number of H-pyrrole nitrogens is 1. The average Bonchev–Trinajstić information content (AvgIpc) is 2.77. The van der Waals surface area contributed by atoms with E-state index in [-0.39, 0.29) is 12.4 Å². The second kappa shape index (κ2) is 6.43. The van der Waals surface area contributed by atoms with Gasteiger partial charge in [0.15, 0.2) is 5.58 Å². The number of likely N-dealkylation sites (tertiary alicyclic amines) is 1. The predicted molar refractivity (Wildman–Crippen MR) is 85.5 cm³/mol. The number of piperidine rings is 1. The van der Waals surface area contributed by atoms with Gasteiger partial charge in [0, 0.05) is 10.1 Å². The first-order valence-electron chi connectivity index (χ1n) is 6.30. The molecule has 20 heavy (non-hydrogen) atoms. The number of nitrogens with one attached hydrogen (secondary N) is 1. The summed E-state index contributed by atoms with van der Waals surface area (Å²) in [6, 6.07) is 3.81. The standard InChI is InChI=1S/C13H15ClN2O2S.ClH/c1-16-6-4-8(5-7-16)19-10-3-2-9-12(11(10)14)18-13(17)15-9;/h2-3,8H,4-7H2,1H3,(H,15,17);1H. The van der Waals surface area contributed by atoms with Crippen LogP contribution in [0.4, 0.5) is 0 Å². The van der Waals surface area contributed by atoms with E-state index in [2.05, 4.69) is 16.9 Å². The van der Waals surface area contributed by atoms with Crippen LogP contribution in [0.1, 0.15) is 12.8 Å². The van der Waals surface area contributed by atoms with Crippen LogP contribution in [0.3, 0.4) is 0 Å². The van der Waals surface area contributed by atoms with Crippen LogP contribution in [0.5, 0.6) is 0 Å². The third-order valence-corrected chi connectivity index (χ3v) is 5.34. The topological polar surface area (TPSA) is 49.2 Å². The molecule has 4 nitrogen and oxygen atoms in total. The van der Waals surface area contributed by atoms with Gasteiger partial charge in [0.25, 0.3) is 0 Å². The van der Waals surface area contributed by atoms with Gasteiger partial charge in [-0.25, -0.2) is 4.79 Å². The van der Waals surface area contributed by atoms with Crippen molar-refractivity contribution < 1.29 is 4.42 Å². The second-order valence-electron chi connectivity index (χ2n) is 4.89. The van der Waals surface area contributed by atoms with Gasteiger partial charge in [0.2, 0.25) is 0 Å². The van der Waals surface area contributed by atoms with Gasteiger partial charge in [0.1, 0.15) is 0 Å². The predicted octanol–water partition coefficient (Wildman–Crippen LogP) is 3.38. The maximum absolute atomic E-state index is 11.2. The van der Waals surface area contributed by atoms with E-state index in [0.29, 0.717) is 21.4 Å². The Morgan fingerprint density at radius 1 is 1.40 bits per heavy atom. The molecule has 2 heterocycles. The van der Waals surface area contributed by atoms with Crippen LogP contribution in [0.2, 0.25) is 5.02 Å². The van der Waals surface area contributed by atoms with Crippen LogP contribution in [-0.4, -0.2) is 35.3 Å². The zero-order valence-electron chi connectivity index (χ0n) is 11.0. The van der Waals surface area contributed by atoms with E-state index >= 15 is 0 Å². The van der Waals surface area contributed by atoms with Gasteiger partial charge in [-0.2, -0.15) is 0 Å². The van der Waals surface area contributed by atoms with Gasteiger partial charge < -0.3 is 9.32 Å². The van der Waals surface area contributed by atoms with Gasteiger partial charge >= 0.3 is 5.76 Å². The molecule has 0 bridgehead atoms. The van der Waals surface area contributed by atoms with Crippen molar-refractivity contribution in [3.8, 4) is 0 Å². The number of halogens is 2. The number of aromatic amines is 1. The van der Waals surface area contributed by atoms with E-state index in [0.717, 1.165) is 30.8 Å². The summed E-state index contributed by atoms with van der Waals surface area (Å²) in [6.45, 7) is 2.24. The molecule has 2 aromatic rings. The highest BCUT2D eigenvalue weighted by atomic mass is 35.5. The lowest BCUT2D eigenvalue weighted by atomic mass is 10.1. The number of nitrogens with zero attached hydrogens (tertiary/aromatic N) is 1. The first-order valence-corrected chi connectivity index (χ1v) is 7.56. The summed E-state index contributed by atoms with van der Waals surface area (Å²) in [5, 5.41) is 1.12.